The molecule has 5 aromatic rings. The Morgan fingerprint density at radius 1 is 0.780 bits per heavy atom. The van der Waals surface area contributed by atoms with Crippen molar-refractivity contribution in [2.24, 2.45) is 0 Å². The van der Waals surface area contributed by atoms with Gasteiger partial charge in [0.2, 0.25) is 5.91 Å². The Morgan fingerprint density at radius 2 is 1.44 bits per heavy atom. The molecule has 0 saturated heterocycles. The summed E-state index contributed by atoms with van der Waals surface area (Å²) in [6, 6.07) is 30.7. The number of benzene rings is 5. The zero-order chi connectivity index (χ0) is 28.8. The van der Waals surface area contributed by atoms with Crippen LogP contribution in [0.3, 0.4) is 0 Å². The van der Waals surface area contributed by atoms with Crippen LogP contribution >= 0.6 is 0 Å². The zero-order valence-corrected chi connectivity index (χ0v) is 22.3. The van der Waals surface area contributed by atoms with Crippen LogP contribution < -0.4 is 16.4 Å². The number of nitrogens with one attached hydrogen (secondary N) is 2. The highest BCUT2D eigenvalue weighted by Crippen LogP contribution is 2.35. The lowest BCUT2D eigenvalue weighted by Gasteiger charge is -2.26. The van der Waals surface area contributed by atoms with Crippen molar-refractivity contribution in [3.63, 3.8) is 0 Å². The van der Waals surface area contributed by atoms with Gasteiger partial charge in [0.1, 0.15) is 11.9 Å². The number of aromatic hydroxyl groups is 1. The minimum atomic E-state index is -0.980. The van der Waals surface area contributed by atoms with Gasteiger partial charge in [0, 0.05) is 29.5 Å². The molecule has 0 aliphatic carbocycles. The molecule has 0 bridgehead atoms. The van der Waals surface area contributed by atoms with Gasteiger partial charge < -0.3 is 25.6 Å². The minimum Gasteiger partial charge on any atom is -0.507 e. The van der Waals surface area contributed by atoms with Crippen LogP contribution in [0.25, 0.3) is 21.5 Å². The van der Waals surface area contributed by atoms with Crippen LogP contribution in [-0.4, -0.2) is 30.3 Å². The molecule has 8 nitrogen and oxygen atoms in total. The zero-order valence-electron chi connectivity index (χ0n) is 22.3. The molecule has 2 atom stereocenters. The van der Waals surface area contributed by atoms with Crippen molar-refractivity contribution in [1.82, 2.24) is 0 Å². The predicted molar refractivity (Wildman–Crippen MR) is 162 cm³/mol. The van der Waals surface area contributed by atoms with Crippen LogP contribution in [0.1, 0.15) is 11.7 Å². The van der Waals surface area contributed by atoms with Crippen LogP contribution in [0.5, 0.6) is 5.75 Å². The lowest BCUT2D eigenvalue weighted by Crippen LogP contribution is -2.27. The third-order valence-corrected chi connectivity index (χ3v) is 6.73. The standard InChI is InChI=1S/C33H29N3O5/c1-40-30(19-20-31(38)35-28-15-7-6-14-26(28)34)32(25-17-18-29(37)24-13-5-4-12-23(24)25)41-33(39)36-27-16-8-10-21-9-2-3-11-22(21)27/h2-20,30,32,37H,34H2,1H3,(H,35,38)(H,36,39)/b20-19+/t30-,32-/m0/s1. The highest BCUT2D eigenvalue weighted by Gasteiger charge is 2.28. The Balaban J connectivity index is 1.47. The van der Waals surface area contributed by atoms with Gasteiger partial charge >= 0.3 is 6.09 Å². The minimum absolute atomic E-state index is 0.0904. The maximum Gasteiger partial charge on any atom is 0.412 e. The highest BCUT2D eigenvalue weighted by molar-refractivity contribution is 6.02. The first kappa shape index (κ1) is 27.2. The molecule has 41 heavy (non-hydrogen) atoms. The summed E-state index contributed by atoms with van der Waals surface area (Å²) >= 11 is 0. The number of carbonyl (C=O) groups excluding carboxylic acids is 2. The number of ether oxygens (including phenoxy) is 2. The second-order valence-corrected chi connectivity index (χ2v) is 9.33. The molecule has 0 saturated carbocycles. The van der Waals surface area contributed by atoms with Crippen molar-refractivity contribution >= 4 is 50.6 Å². The molecule has 206 valence electrons. The lowest BCUT2D eigenvalue weighted by atomic mass is 9.96. The Kier molecular flexibility index (Phi) is 8.13. The fourth-order valence-electron chi connectivity index (χ4n) is 4.72. The van der Waals surface area contributed by atoms with Crippen LogP contribution in [0, 0.1) is 0 Å². The van der Waals surface area contributed by atoms with E-state index in [4.69, 9.17) is 15.2 Å². The van der Waals surface area contributed by atoms with Gasteiger partial charge in [-0.25, -0.2) is 4.79 Å². The fraction of sp³-hybridized carbons (Fsp3) is 0.0909. The molecule has 0 spiro atoms. The van der Waals surface area contributed by atoms with E-state index < -0.39 is 24.2 Å². The summed E-state index contributed by atoms with van der Waals surface area (Å²) in [6.07, 6.45) is 0.278. The van der Waals surface area contributed by atoms with Gasteiger partial charge in [0.05, 0.1) is 17.1 Å². The predicted octanol–water partition coefficient (Wildman–Crippen LogP) is 6.78. The van der Waals surface area contributed by atoms with Gasteiger partial charge in [-0.2, -0.15) is 0 Å². The van der Waals surface area contributed by atoms with Crippen molar-refractivity contribution in [2.75, 3.05) is 23.5 Å². The van der Waals surface area contributed by atoms with Crippen molar-refractivity contribution in [3.05, 3.63) is 121 Å². The third-order valence-electron chi connectivity index (χ3n) is 6.73. The topological polar surface area (TPSA) is 123 Å². The van der Waals surface area contributed by atoms with Gasteiger partial charge in [-0.05, 0) is 41.1 Å². The second-order valence-electron chi connectivity index (χ2n) is 9.33. The molecule has 0 radical (unpaired) electrons. The molecule has 5 aromatic carbocycles. The average molecular weight is 548 g/mol. The monoisotopic (exact) mass is 547 g/mol. The number of fused-ring (bicyclic) bond motifs is 2. The van der Waals surface area contributed by atoms with E-state index >= 15 is 0 Å². The van der Waals surface area contributed by atoms with Gasteiger partial charge in [0.15, 0.2) is 6.10 Å². The first-order chi connectivity index (χ1) is 19.9. The summed E-state index contributed by atoms with van der Waals surface area (Å²) in [5.41, 5.74) is 8.03. The quantitative estimate of drug-likeness (QED) is 0.125. The van der Waals surface area contributed by atoms with Crippen LogP contribution in [0.4, 0.5) is 21.9 Å². The number of phenolic OH excluding ortho intramolecular Hbond substituents is 1. The summed E-state index contributed by atoms with van der Waals surface area (Å²) in [5.74, 6) is -0.341. The molecule has 0 aliphatic rings. The number of nitrogens with two attached hydrogens (primary N) is 1. The highest BCUT2D eigenvalue weighted by atomic mass is 16.6. The van der Waals surface area contributed by atoms with Gasteiger partial charge in [0.25, 0.3) is 0 Å². The molecule has 8 heteroatoms. The molecule has 2 amide bonds. The Bertz CT molecular complexity index is 1750. The summed E-state index contributed by atoms with van der Waals surface area (Å²) in [7, 11) is 1.46. The fourth-order valence-corrected chi connectivity index (χ4v) is 4.72. The van der Waals surface area contributed by atoms with Crippen molar-refractivity contribution in [3.8, 4) is 5.75 Å². The molecule has 5 N–H and O–H groups in total. The van der Waals surface area contributed by atoms with E-state index in [2.05, 4.69) is 10.6 Å². The number of carbonyl (C=O) groups is 2. The van der Waals surface area contributed by atoms with E-state index in [9.17, 15) is 14.7 Å². The number of amides is 2. The number of rotatable bonds is 8. The first-order valence-electron chi connectivity index (χ1n) is 13.0. The van der Waals surface area contributed by atoms with Gasteiger partial charge in [-0.3, -0.25) is 10.1 Å². The van der Waals surface area contributed by atoms with E-state index in [0.717, 1.165) is 10.8 Å². The molecular weight excluding hydrogens is 518 g/mol. The smallest absolute Gasteiger partial charge is 0.412 e. The van der Waals surface area contributed by atoms with Crippen LogP contribution in [0.2, 0.25) is 0 Å². The van der Waals surface area contributed by atoms with E-state index in [1.54, 1.807) is 42.5 Å². The maximum absolute atomic E-state index is 13.3. The summed E-state index contributed by atoms with van der Waals surface area (Å²) in [6.45, 7) is 0. The summed E-state index contributed by atoms with van der Waals surface area (Å²) < 4.78 is 11.7. The normalized spacial score (nSPS) is 12.7. The SMILES string of the molecule is CO[C@@H](/C=C/C(=O)Nc1ccccc1N)[C@@H](OC(=O)Nc1cccc2ccccc12)c1ccc(O)c2ccccc12. The van der Waals surface area contributed by atoms with Crippen molar-refractivity contribution < 1.29 is 24.2 Å². The third kappa shape index (κ3) is 6.13. The van der Waals surface area contributed by atoms with Crippen molar-refractivity contribution in [1.29, 1.82) is 0 Å². The van der Waals surface area contributed by atoms with E-state index in [-0.39, 0.29) is 5.75 Å². The molecule has 0 heterocycles. The Labute approximate surface area is 237 Å². The number of phenols is 1. The first-order valence-corrected chi connectivity index (χ1v) is 13.0. The van der Waals surface area contributed by atoms with Crippen LogP contribution in [0.15, 0.2) is 115 Å². The maximum atomic E-state index is 13.3. The Hall–Kier alpha value is -5.34. The number of anilines is 3. The number of hydrogen-bond acceptors (Lipinski definition) is 6. The molecule has 0 aliphatic heterocycles. The molecule has 0 aromatic heterocycles. The lowest BCUT2D eigenvalue weighted by molar-refractivity contribution is -0.112. The second kappa shape index (κ2) is 12.2. The largest absolute Gasteiger partial charge is 0.507 e. The number of para-hydroxylation sites is 2. The van der Waals surface area contributed by atoms with E-state index in [1.807, 2.05) is 54.6 Å². The number of hydrogen-bond donors (Lipinski definition) is 4. The molecule has 5 rings (SSSR count). The Morgan fingerprint density at radius 3 is 2.22 bits per heavy atom. The molecular formula is C33H29N3O5. The average Bonchev–Trinajstić information content (AvgIpc) is 2.99. The summed E-state index contributed by atoms with van der Waals surface area (Å²) in [4.78, 5) is 26.1. The summed E-state index contributed by atoms with van der Waals surface area (Å²) in [5, 5.41) is 19.1. The number of methoxy groups -OCH3 is 1. The van der Waals surface area contributed by atoms with Crippen LogP contribution in [-0.2, 0) is 14.3 Å². The van der Waals surface area contributed by atoms with E-state index in [0.29, 0.717) is 33.4 Å². The van der Waals surface area contributed by atoms with Gasteiger partial charge in [-0.1, -0.05) is 78.9 Å². The van der Waals surface area contributed by atoms with Crippen molar-refractivity contribution in [2.45, 2.75) is 12.2 Å². The molecule has 0 fully saturated rings. The molecule has 0 unspecified atom stereocenters. The number of nitrogen functional groups attached to an aromatic ring is 1. The van der Waals surface area contributed by atoms with Gasteiger partial charge in [-0.15, -0.1) is 0 Å². The van der Waals surface area contributed by atoms with E-state index in [1.165, 1.54) is 25.3 Å².